The zero-order chi connectivity index (χ0) is 17.1. The van der Waals surface area contributed by atoms with Crippen molar-refractivity contribution in [2.24, 2.45) is 0 Å². The number of carboxylic acid groups (broad SMARTS) is 1. The zero-order valence-electron chi connectivity index (χ0n) is 13.0. The van der Waals surface area contributed by atoms with Crippen LogP contribution >= 0.6 is 11.6 Å². The molecule has 24 heavy (non-hydrogen) atoms. The molecular formula is C19H16ClNO3. The van der Waals surface area contributed by atoms with Gasteiger partial charge in [-0.05, 0) is 35.0 Å². The molecule has 3 aromatic carbocycles. The Bertz CT molecular complexity index is 908. The molecule has 0 unspecified atom stereocenters. The number of ether oxygens (including phenoxy) is 1. The van der Waals surface area contributed by atoms with E-state index in [9.17, 15) is 4.79 Å². The predicted molar refractivity (Wildman–Crippen MR) is 96.2 cm³/mol. The number of aromatic carboxylic acids is 1. The molecule has 0 saturated carbocycles. The summed E-state index contributed by atoms with van der Waals surface area (Å²) in [4.78, 5) is 11.0. The molecule has 4 nitrogen and oxygen atoms in total. The molecule has 0 saturated heterocycles. The van der Waals surface area contributed by atoms with Crippen molar-refractivity contribution >= 4 is 34.0 Å². The van der Waals surface area contributed by atoms with Gasteiger partial charge in [-0.3, -0.25) is 0 Å². The zero-order valence-corrected chi connectivity index (χ0v) is 13.8. The molecule has 3 aromatic rings. The third-order valence-electron chi connectivity index (χ3n) is 3.89. The second-order valence-corrected chi connectivity index (χ2v) is 5.73. The molecule has 0 aliphatic carbocycles. The summed E-state index contributed by atoms with van der Waals surface area (Å²) in [7, 11) is 1.64. The van der Waals surface area contributed by atoms with E-state index in [1.165, 1.54) is 6.07 Å². The van der Waals surface area contributed by atoms with Crippen LogP contribution in [0.5, 0.6) is 5.75 Å². The average Bonchev–Trinajstić information content (AvgIpc) is 2.59. The minimum absolute atomic E-state index is 0.0879. The van der Waals surface area contributed by atoms with E-state index in [0.29, 0.717) is 6.54 Å². The Hall–Kier alpha value is -2.72. The summed E-state index contributed by atoms with van der Waals surface area (Å²) in [5.41, 5.74) is 1.87. The Kier molecular flexibility index (Phi) is 4.58. The lowest BCUT2D eigenvalue weighted by molar-refractivity contribution is 0.0697. The van der Waals surface area contributed by atoms with Gasteiger partial charge in [-0.15, -0.1) is 0 Å². The fourth-order valence-electron chi connectivity index (χ4n) is 2.68. The third-order valence-corrected chi connectivity index (χ3v) is 4.20. The second kappa shape index (κ2) is 6.81. The summed E-state index contributed by atoms with van der Waals surface area (Å²) in [5.74, 6) is -0.239. The SMILES string of the molecule is COc1ccc2ccccc2c1CNc1ccc(C(=O)O)c(Cl)c1. The van der Waals surface area contributed by atoms with E-state index >= 15 is 0 Å². The summed E-state index contributed by atoms with van der Waals surface area (Å²) < 4.78 is 5.47. The summed E-state index contributed by atoms with van der Waals surface area (Å²) in [6.07, 6.45) is 0. The number of hydrogen-bond donors (Lipinski definition) is 2. The number of carbonyl (C=O) groups is 1. The standard InChI is InChI=1S/C19H16ClNO3/c1-24-18-9-6-12-4-2-3-5-14(12)16(18)11-21-13-7-8-15(19(22)23)17(20)10-13/h2-10,21H,11H2,1H3,(H,22,23). The quantitative estimate of drug-likeness (QED) is 0.699. The van der Waals surface area contributed by atoms with Gasteiger partial charge in [-0.25, -0.2) is 4.79 Å². The molecule has 2 N–H and O–H groups in total. The molecule has 0 spiro atoms. The molecule has 0 amide bonds. The van der Waals surface area contributed by atoms with E-state index in [1.807, 2.05) is 24.3 Å². The van der Waals surface area contributed by atoms with E-state index in [2.05, 4.69) is 17.4 Å². The molecule has 0 aromatic heterocycles. The first-order valence-corrected chi connectivity index (χ1v) is 7.79. The number of rotatable bonds is 5. The summed E-state index contributed by atoms with van der Waals surface area (Å²) in [6, 6.07) is 16.9. The fourth-order valence-corrected chi connectivity index (χ4v) is 2.94. The van der Waals surface area contributed by atoms with Gasteiger partial charge >= 0.3 is 5.97 Å². The highest BCUT2D eigenvalue weighted by Crippen LogP contribution is 2.29. The van der Waals surface area contributed by atoms with Crippen molar-refractivity contribution in [1.29, 1.82) is 0 Å². The Morgan fingerprint density at radius 2 is 1.96 bits per heavy atom. The van der Waals surface area contributed by atoms with Crippen molar-refractivity contribution in [2.75, 3.05) is 12.4 Å². The first kappa shape index (κ1) is 16.1. The van der Waals surface area contributed by atoms with Gasteiger partial charge in [0.05, 0.1) is 17.7 Å². The van der Waals surface area contributed by atoms with Crippen molar-refractivity contribution in [2.45, 2.75) is 6.54 Å². The molecule has 0 aliphatic rings. The van der Waals surface area contributed by atoms with Crippen LogP contribution in [0.4, 0.5) is 5.69 Å². The molecule has 0 aliphatic heterocycles. The lowest BCUT2D eigenvalue weighted by atomic mass is 10.0. The second-order valence-electron chi connectivity index (χ2n) is 5.32. The molecule has 0 atom stereocenters. The average molecular weight is 342 g/mol. The normalized spacial score (nSPS) is 10.6. The minimum Gasteiger partial charge on any atom is -0.496 e. The predicted octanol–water partition coefficient (Wildman–Crippen LogP) is 4.81. The van der Waals surface area contributed by atoms with Crippen LogP contribution in [0, 0.1) is 0 Å². The highest BCUT2D eigenvalue weighted by molar-refractivity contribution is 6.33. The summed E-state index contributed by atoms with van der Waals surface area (Å²) in [6.45, 7) is 0.535. The van der Waals surface area contributed by atoms with Crippen LogP contribution in [-0.4, -0.2) is 18.2 Å². The van der Waals surface area contributed by atoms with E-state index in [0.717, 1.165) is 27.8 Å². The number of fused-ring (bicyclic) bond motifs is 1. The molecule has 0 radical (unpaired) electrons. The first-order chi connectivity index (χ1) is 11.6. The number of carboxylic acids is 1. The number of methoxy groups -OCH3 is 1. The molecular weight excluding hydrogens is 326 g/mol. The maximum atomic E-state index is 11.0. The van der Waals surface area contributed by atoms with Gasteiger partial charge in [0, 0.05) is 17.8 Å². The van der Waals surface area contributed by atoms with Crippen molar-refractivity contribution in [1.82, 2.24) is 0 Å². The Morgan fingerprint density at radius 3 is 2.67 bits per heavy atom. The van der Waals surface area contributed by atoms with Gasteiger partial charge in [-0.1, -0.05) is 41.9 Å². The maximum Gasteiger partial charge on any atom is 0.337 e. The van der Waals surface area contributed by atoms with Crippen LogP contribution in [0.25, 0.3) is 10.8 Å². The minimum atomic E-state index is -1.04. The number of anilines is 1. The smallest absolute Gasteiger partial charge is 0.337 e. The Morgan fingerprint density at radius 1 is 1.17 bits per heavy atom. The van der Waals surface area contributed by atoms with Crippen LogP contribution in [-0.2, 0) is 6.54 Å². The van der Waals surface area contributed by atoms with Gasteiger partial charge in [0.15, 0.2) is 0 Å². The fraction of sp³-hybridized carbons (Fsp3) is 0.105. The molecule has 3 rings (SSSR count). The molecule has 5 heteroatoms. The molecule has 0 bridgehead atoms. The lowest BCUT2D eigenvalue weighted by Gasteiger charge is -2.14. The van der Waals surface area contributed by atoms with Gasteiger partial charge in [-0.2, -0.15) is 0 Å². The highest BCUT2D eigenvalue weighted by Gasteiger charge is 2.11. The number of benzene rings is 3. The van der Waals surface area contributed by atoms with E-state index in [-0.39, 0.29) is 10.6 Å². The number of halogens is 1. The van der Waals surface area contributed by atoms with Crippen LogP contribution in [0.1, 0.15) is 15.9 Å². The first-order valence-electron chi connectivity index (χ1n) is 7.41. The molecule has 122 valence electrons. The monoisotopic (exact) mass is 341 g/mol. The largest absolute Gasteiger partial charge is 0.496 e. The Balaban J connectivity index is 1.90. The number of nitrogens with one attached hydrogen (secondary N) is 1. The van der Waals surface area contributed by atoms with Gasteiger partial charge in [0.25, 0.3) is 0 Å². The Labute approximate surface area is 144 Å². The summed E-state index contributed by atoms with van der Waals surface area (Å²) >= 11 is 6.01. The van der Waals surface area contributed by atoms with Crippen LogP contribution in [0.2, 0.25) is 5.02 Å². The lowest BCUT2D eigenvalue weighted by Crippen LogP contribution is -2.04. The topological polar surface area (TPSA) is 58.6 Å². The van der Waals surface area contributed by atoms with Crippen LogP contribution in [0.15, 0.2) is 54.6 Å². The maximum absolute atomic E-state index is 11.0. The van der Waals surface area contributed by atoms with E-state index < -0.39 is 5.97 Å². The van der Waals surface area contributed by atoms with Crippen molar-refractivity contribution < 1.29 is 14.6 Å². The van der Waals surface area contributed by atoms with E-state index in [1.54, 1.807) is 19.2 Å². The highest BCUT2D eigenvalue weighted by atomic mass is 35.5. The van der Waals surface area contributed by atoms with Crippen LogP contribution in [0.3, 0.4) is 0 Å². The van der Waals surface area contributed by atoms with E-state index in [4.69, 9.17) is 21.4 Å². The number of hydrogen-bond acceptors (Lipinski definition) is 3. The van der Waals surface area contributed by atoms with Gasteiger partial charge in [0.2, 0.25) is 0 Å². The van der Waals surface area contributed by atoms with Crippen molar-refractivity contribution in [3.8, 4) is 5.75 Å². The molecule has 0 heterocycles. The third kappa shape index (κ3) is 3.14. The summed E-state index contributed by atoms with van der Waals surface area (Å²) in [5, 5.41) is 14.8. The van der Waals surface area contributed by atoms with Crippen molar-refractivity contribution in [3.05, 3.63) is 70.7 Å². The van der Waals surface area contributed by atoms with Crippen molar-refractivity contribution in [3.63, 3.8) is 0 Å². The van der Waals surface area contributed by atoms with Gasteiger partial charge in [0.1, 0.15) is 5.75 Å². The van der Waals surface area contributed by atoms with Gasteiger partial charge < -0.3 is 15.2 Å². The molecule has 0 fully saturated rings. The van der Waals surface area contributed by atoms with Crippen LogP contribution < -0.4 is 10.1 Å².